The second-order valence-corrected chi connectivity index (χ2v) is 3.50. The predicted octanol–water partition coefficient (Wildman–Crippen LogP) is 2.90. The third kappa shape index (κ3) is 2.64. The summed E-state index contributed by atoms with van der Waals surface area (Å²) in [6.07, 6.45) is 3.26. The van der Waals surface area contributed by atoms with E-state index in [9.17, 15) is 0 Å². The van der Waals surface area contributed by atoms with Gasteiger partial charge in [0, 0.05) is 12.3 Å². The Bertz CT molecular complexity index is 290. The van der Waals surface area contributed by atoms with Crippen LogP contribution in [-0.2, 0) is 0 Å². The van der Waals surface area contributed by atoms with Crippen LogP contribution in [0, 0.1) is 3.70 Å². The third-order valence-electron chi connectivity index (χ3n) is 1.13. The number of rotatable bonds is 3. The molecular weight excluding hydrogens is 288 g/mol. The second-order valence-electron chi connectivity index (χ2n) is 2.04. The monoisotopic (exact) mass is 295 g/mol. The maximum atomic E-state index is 5.72. The lowest BCUT2D eigenvalue weighted by Crippen LogP contribution is -1.96. The summed E-state index contributed by atoms with van der Waals surface area (Å²) in [6.45, 7) is 4.02. The normalized spacial score (nSPS) is 9.50. The van der Waals surface area contributed by atoms with Gasteiger partial charge < -0.3 is 4.74 Å². The molecule has 1 rings (SSSR count). The molecule has 64 valence electrons. The molecule has 0 atom stereocenters. The minimum Gasteiger partial charge on any atom is -0.487 e. The number of aromatic nitrogens is 1. The van der Waals surface area contributed by atoms with Crippen LogP contribution < -0.4 is 4.74 Å². The molecule has 0 aliphatic heterocycles. The van der Waals surface area contributed by atoms with E-state index in [0.717, 1.165) is 3.70 Å². The van der Waals surface area contributed by atoms with Crippen LogP contribution in [0.1, 0.15) is 0 Å². The van der Waals surface area contributed by atoms with E-state index in [2.05, 4.69) is 34.2 Å². The number of nitrogens with zero attached hydrogens (tertiary/aromatic N) is 1. The lowest BCUT2D eigenvalue weighted by molar-refractivity contribution is 0.358. The van der Waals surface area contributed by atoms with Crippen LogP contribution in [0.15, 0.2) is 24.9 Å². The van der Waals surface area contributed by atoms with Gasteiger partial charge in [0.25, 0.3) is 0 Å². The van der Waals surface area contributed by atoms with Crippen molar-refractivity contribution in [1.29, 1.82) is 0 Å². The number of halogens is 2. The van der Waals surface area contributed by atoms with E-state index >= 15 is 0 Å². The Labute approximate surface area is 89.7 Å². The molecule has 0 aromatic carbocycles. The Morgan fingerprint density at radius 3 is 3.17 bits per heavy atom. The highest BCUT2D eigenvalue weighted by Gasteiger charge is 2.01. The molecule has 0 amide bonds. The number of ether oxygens (including phenoxy) is 1. The highest BCUT2D eigenvalue weighted by Crippen LogP contribution is 2.22. The van der Waals surface area contributed by atoms with Gasteiger partial charge in [0.2, 0.25) is 0 Å². The highest BCUT2D eigenvalue weighted by atomic mass is 127. The zero-order valence-electron chi connectivity index (χ0n) is 6.26. The average Bonchev–Trinajstić information content (AvgIpc) is 2.07. The lowest BCUT2D eigenvalue weighted by atomic mass is 10.4. The van der Waals surface area contributed by atoms with E-state index < -0.39 is 0 Å². The first-order valence-electron chi connectivity index (χ1n) is 3.29. The lowest BCUT2D eigenvalue weighted by Gasteiger charge is -2.04. The van der Waals surface area contributed by atoms with Crippen LogP contribution in [0.25, 0.3) is 0 Å². The Hall–Kier alpha value is -0.290. The van der Waals surface area contributed by atoms with Gasteiger partial charge in [0.05, 0.1) is 5.02 Å². The predicted molar refractivity (Wildman–Crippen MR) is 57.7 cm³/mol. The van der Waals surface area contributed by atoms with Crippen molar-refractivity contribution in [2.24, 2.45) is 0 Å². The van der Waals surface area contributed by atoms with E-state index in [0.29, 0.717) is 17.4 Å². The topological polar surface area (TPSA) is 22.1 Å². The third-order valence-corrected chi connectivity index (χ3v) is 2.15. The van der Waals surface area contributed by atoms with Gasteiger partial charge in [-0.1, -0.05) is 24.3 Å². The van der Waals surface area contributed by atoms with E-state index in [-0.39, 0.29) is 0 Å². The molecule has 0 fully saturated rings. The first-order chi connectivity index (χ1) is 5.74. The summed E-state index contributed by atoms with van der Waals surface area (Å²) in [7, 11) is 0. The van der Waals surface area contributed by atoms with Gasteiger partial charge in [0.1, 0.15) is 10.3 Å². The van der Waals surface area contributed by atoms with Crippen molar-refractivity contribution < 1.29 is 4.74 Å². The first-order valence-corrected chi connectivity index (χ1v) is 4.74. The molecule has 1 aromatic rings. The van der Waals surface area contributed by atoms with Crippen LogP contribution in [0.3, 0.4) is 0 Å². The van der Waals surface area contributed by atoms with Crippen LogP contribution in [0.5, 0.6) is 5.75 Å². The molecule has 0 aliphatic carbocycles. The van der Waals surface area contributed by atoms with Crippen molar-refractivity contribution in [3.05, 3.63) is 33.6 Å². The van der Waals surface area contributed by atoms with Gasteiger partial charge in [-0.15, -0.1) is 0 Å². The van der Waals surface area contributed by atoms with Crippen molar-refractivity contribution in [2.75, 3.05) is 6.61 Å². The summed E-state index contributed by atoms with van der Waals surface area (Å²) in [5.41, 5.74) is 0. The van der Waals surface area contributed by atoms with Gasteiger partial charge in [-0.05, 0) is 22.6 Å². The smallest absolute Gasteiger partial charge is 0.153 e. The minimum atomic E-state index is 0.470. The molecule has 1 aromatic heterocycles. The molecule has 0 bridgehead atoms. The van der Waals surface area contributed by atoms with Gasteiger partial charge in [-0.3, -0.25) is 0 Å². The van der Waals surface area contributed by atoms with Crippen molar-refractivity contribution in [1.82, 2.24) is 4.98 Å². The van der Waals surface area contributed by atoms with Crippen LogP contribution in [-0.4, -0.2) is 11.6 Å². The van der Waals surface area contributed by atoms with Gasteiger partial charge in [-0.2, -0.15) is 0 Å². The largest absolute Gasteiger partial charge is 0.487 e. The average molecular weight is 296 g/mol. The zero-order valence-corrected chi connectivity index (χ0v) is 9.17. The summed E-state index contributed by atoms with van der Waals surface area (Å²) in [5.74, 6) is 0.697. The molecule has 12 heavy (non-hydrogen) atoms. The molecular formula is C8H7ClINO. The van der Waals surface area contributed by atoms with Crippen LogP contribution in [0.4, 0.5) is 0 Å². The molecule has 0 aliphatic rings. The van der Waals surface area contributed by atoms with Crippen molar-refractivity contribution >= 4 is 34.2 Å². The molecule has 0 saturated heterocycles. The Morgan fingerprint density at radius 1 is 1.75 bits per heavy atom. The zero-order chi connectivity index (χ0) is 8.97. The fraction of sp³-hybridized carbons (Fsp3) is 0.125. The Balaban J connectivity index is 2.82. The van der Waals surface area contributed by atoms with Gasteiger partial charge >= 0.3 is 0 Å². The molecule has 0 unspecified atom stereocenters. The molecule has 0 spiro atoms. The fourth-order valence-corrected chi connectivity index (χ4v) is 1.25. The standard InChI is InChI=1S/C8H7ClINO/c1-2-3-12-7-4-6(9)5-11-8(7)10/h2,4-5H,1,3H2. The molecule has 2 nitrogen and oxygen atoms in total. The molecule has 0 radical (unpaired) electrons. The maximum Gasteiger partial charge on any atom is 0.153 e. The summed E-state index contributed by atoms with van der Waals surface area (Å²) < 4.78 is 6.10. The molecule has 4 heteroatoms. The summed E-state index contributed by atoms with van der Waals surface area (Å²) in [4.78, 5) is 4.03. The highest BCUT2D eigenvalue weighted by molar-refractivity contribution is 14.1. The Kier molecular flexibility index (Phi) is 3.81. The van der Waals surface area contributed by atoms with E-state index in [1.165, 1.54) is 0 Å². The van der Waals surface area contributed by atoms with Crippen molar-refractivity contribution in [3.8, 4) is 5.75 Å². The van der Waals surface area contributed by atoms with E-state index in [1.54, 1.807) is 18.3 Å². The quantitative estimate of drug-likeness (QED) is 0.486. The maximum absolute atomic E-state index is 5.72. The summed E-state index contributed by atoms with van der Waals surface area (Å²) in [6, 6.07) is 1.74. The van der Waals surface area contributed by atoms with Crippen molar-refractivity contribution in [2.45, 2.75) is 0 Å². The van der Waals surface area contributed by atoms with Gasteiger partial charge in [0.15, 0.2) is 5.75 Å². The van der Waals surface area contributed by atoms with E-state index in [4.69, 9.17) is 16.3 Å². The SMILES string of the molecule is C=CCOc1cc(Cl)cnc1I. The van der Waals surface area contributed by atoms with Crippen molar-refractivity contribution in [3.63, 3.8) is 0 Å². The number of pyridine rings is 1. The molecule has 1 heterocycles. The first kappa shape index (κ1) is 9.80. The minimum absolute atomic E-state index is 0.470. The van der Waals surface area contributed by atoms with Crippen LogP contribution >= 0.6 is 34.2 Å². The van der Waals surface area contributed by atoms with E-state index in [1.807, 2.05) is 0 Å². The number of hydrogen-bond acceptors (Lipinski definition) is 2. The number of hydrogen-bond donors (Lipinski definition) is 0. The molecule has 0 saturated carbocycles. The van der Waals surface area contributed by atoms with Crippen LogP contribution in [0.2, 0.25) is 5.02 Å². The Morgan fingerprint density at radius 2 is 2.50 bits per heavy atom. The van der Waals surface area contributed by atoms with Gasteiger partial charge in [-0.25, -0.2) is 4.98 Å². The fourth-order valence-electron chi connectivity index (χ4n) is 0.654. The summed E-state index contributed by atoms with van der Waals surface area (Å²) in [5, 5.41) is 0.578. The second kappa shape index (κ2) is 4.67. The summed E-state index contributed by atoms with van der Waals surface area (Å²) >= 11 is 7.81. The molecule has 0 N–H and O–H groups in total.